The van der Waals surface area contributed by atoms with Gasteiger partial charge in [-0.2, -0.15) is 0 Å². The number of hydrogen-bond donors (Lipinski definition) is 1. The van der Waals surface area contributed by atoms with Gasteiger partial charge >= 0.3 is 0 Å². The van der Waals surface area contributed by atoms with Crippen LogP contribution in [0.4, 0.5) is 5.95 Å². The topological polar surface area (TPSA) is 49.0 Å². The lowest BCUT2D eigenvalue weighted by atomic mass is 9.90. The monoisotopic (exact) mass is 283 g/mol. The van der Waals surface area contributed by atoms with Crippen LogP contribution in [0.15, 0.2) is 41.2 Å². The summed E-state index contributed by atoms with van der Waals surface area (Å²) >= 11 is 0. The molecule has 1 N–H and O–H groups in total. The normalized spacial score (nSPS) is 16.1. The average molecular weight is 283 g/mol. The lowest BCUT2D eigenvalue weighted by Crippen LogP contribution is -2.36. The van der Waals surface area contributed by atoms with Crippen molar-refractivity contribution < 1.29 is 0 Å². The van der Waals surface area contributed by atoms with Gasteiger partial charge in [-0.25, -0.2) is 4.98 Å². The van der Waals surface area contributed by atoms with Crippen molar-refractivity contribution >= 4 is 5.95 Å². The molecule has 1 aliphatic rings. The van der Waals surface area contributed by atoms with Crippen LogP contribution in [0.1, 0.15) is 24.1 Å². The maximum absolute atomic E-state index is 11.5. The van der Waals surface area contributed by atoms with Crippen LogP contribution < -0.4 is 10.5 Å². The summed E-state index contributed by atoms with van der Waals surface area (Å²) in [5.41, 5.74) is 2.13. The van der Waals surface area contributed by atoms with Gasteiger partial charge in [-0.1, -0.05) is 30.3 Å². The molecule has 1 aliphatic heterocycles. The van der Waals surface area contributed by atoms with Gasteiger partial charge in [0.25, 0.3) is 5.56 Å². The second-order valence-electron chi connectivity index (χ2n) is 5.83. The zero-order valence-electron chi connectivity index (χ0n) is 12.4. The molecule has 21 heavy (non-hydrogen) atoms. The number of H-pyrrole nitrogens is 1. The Bertz CT molecular complexity index is 643. The highest BCUT2D eigenvalue weighted by Crippen LogP contribution is 2.23. The van der Waals surface area contributed by atoms with Crippen LogP contribution in [0.5, 0.6) is 0 Å². The second kappa shape index (κ2) is 6.12. The van der Waals surface area contributed by atoms with Crippen molar-refractivity contribution in [2.24, 2.45) is 5.92 Å². The standard InChI is InChI=1S/C17H21N3O/c1-13-11-16(21)19-17(18-13)20-9-7-15(8-10-20)12-14-5-3-2-4-6-14/h2-6,11,15H,7-10,12H2,1H3,(H,18,19,21). The Morgan fingerprint density at radius 1 is 1.24 bits per heavy atom. The molecule has 1 aromatic carbocycles. The highest BCUT2D eigenvalue weighted by Gasteiger charge is 2.21. The highest BCUT2D eigenvalue weighted by atomic mass is 16.1. The Morgan fingerprint density at radius 3 is 2.62 bits per heavy atom. The van der Waals surface area contributed by atoms with E-state index in [1.165, 1.54) is 11.6 Å². The number of nitrogens with zero attached hydrogens (tertiary/aromatic N) is 2. The Labute approximate surface area is 124 Å². The lowest BCUT2D eigenvalue weighted by Gasteiger charge is -2.32. The number of aryl methyl sites for hydroxylation is 1. The van der Waals surface area contributed by atoms with Gasteiger partial charge in [-0.05, 0) is 37.7 Å². The molecule has 0 amide bonds. The summed E-state index contributed by atoms with van der Waals surface area (Å²) in [5.74, 6) is 1.44. The lowest BCUT2D eigenvalue weighted by molar-refractivity contribution is 0.400. The first-order chi connectivity index (χ1) is 10.2. The number of nitrogens with one attached hydrogen (secondary N) is 1. The first-order valence-electron chi connectivity index (χ1n) is 7.57. The van der Waals surface area contributed by atoms with Gasteiger partial charge in [0, 0.05) is 24.8 Å². The molecule has 4 heteroatoms. The number of hydrogen-bond acceptors (Lipinski definition) is 3. The average Bonchev–Trinajstić information content (AvgIpc) is 2.48. The van der Waals surface area contributed by atoms with Crippen molar-refractivity contribution in [3.8, 4) is 0 Å². The number of aromatic amines is 1. The van der Waals surface area contributed by atoms with E-state index in [1.54, 1.807) is 0 Å². The van der Waals surface area contributed by atoms with Crippen LogP contribution in [0, 0.1) is 12.8 Å². The SMILES string of the molecule is Cc1cc(=O)[nH]c(N2CCC(Cc3ccccc3)CC2)n1. The third-order valence-electron chi connectivity index (χ3n) is 4.14. The number of piperidine rings is 1. The van der Waals surface area contributed by atoms with Crippen molar-refractivity contribution in [3.63, 3.8) is 0 Å². The fourth-order valence-electron chi connectivity index (χ4n) is 3.01. The molecule has 0 bridgehead atoms. The fourth-order valence-corrected chi connectivity index (χ4v) is 3.01. The molecule has 2 heterocycles. The minimum Gasteiger partial charge on any atom is -0.342 e. The third-order valence-corrected chi connectivity index (χ3v) is 4.14. The number of rotatable bonds is 3. The predicted octanol–water partition coefficient (Wildman–Crippen LogP) is 2.54. The summed E-state index contributed by atoms with van der Waals surface area (Å²) < 4.78 is 0. The summed E-state index contributed by atoms with van der Waals surface area (Å²) in [7, 11) is 0. The quantitative estimate of drug-likeness (QED) is 0.941. The van der Waals surface area contributed by atoms with Crippen LogP contribution in [-0.4, -0.2) is 23.1 Å². The van der Waals surface area contributed by atoms with E-state index < -0.39 is 0 Å². The first kappa shape index (κ1) is 13.9. The number of anilines is 1. The van der Waals surface area contributed by atoms with E-state index in [9.17, 15) is 4.79 Å². The molecule has 0 atom stereocenters. The van der Waals surface area contributed by atoms with E-state index in [0.29, 0.717) is 0 Å². The molecule has 0 unspecified atom stereocenters. The molecule has 0 aliphatic carbocycles. The Hall–Kier alpha value is -2.10. The second-order valence-corrected chi connectivity index (χ2v) is 5.83. The molecule has 0 spiro atoms. The van der Waals surface area contributed by atoms with E-state index in [1.807, 2.05) is 6.92 Å². The van der Waals surface area contributed by atoms with Gasteiger partial charge in [0.2, 0.25) is 5.95 Å². The van der Waals surface area contributed by atoms with Crippen molar-refractivity contribution in [2.45, 2.75) is 26.2 Å². The van der Waals surface area contributed by atoms with Gasteiger partial charge in [-0.3, -0.25) is 9.78 Å². The molecule has 0 radical (unpaired) electrons. The highest BCUT2D eigenvalue weighted by molar-refractivity contribution is 5.30. The Kier molecular flexibility index (Phi) is 4.04. The van der Waals surface area contributed by atoms with Gasteiger partial charge < -0.3 is 4.90 Å². The first-order valence-corrected chi connectivity index (χ1v) is 7.57. The molecule has 1 saturated heterocycles. The van der Waals surface area contributed by atoms with E-state index in [4.69, 9.17) is 0 Å². The molecular weight excluding hydrogens is 262 g/mol. The van der Waals surface area contributed by atoms with E-state index in [2.05, 4.69) is 45.2 Å². The van der Waals surface area contributed by atoms with Gasteiger partial charge in [0.1, 0.15) is 0 Å². The zero-order chi connectivity index (χ0) is 14.7. The van der Waals surface area contributed by atoms with Crippen LogP contribution in [0.3, 0.4) is 0 Å². The molecule has 110 valence electrons. The fraction of sp³-hybridized carbons (Fsp3) is 0.412. The molecule has 3 rings (SSSR count). The minimum absolute atomic E-state index is 0.0658. The van der Waals surface area contributed by atoms with Gasteiger partial charge in [0.05, 0.1) is 0 Å². The number of benzene rings is 1. The summed E-state index contributed by atoms with van der Waals surface area (Å²) in [5, 5.41) is 0. The summed E-state index contributed by atoms with van der Waals surface area (Å²) in [6.45, 7) is 3.79. The largest absolute Gasteiger partial charge is 0.342 e. The molecule has 1 aromatic heterocycles. The van der Waals surface area contributed by atoms with Crippen molar-refractivity contribution in [1.29, 1.82) is 0 Å². The number of aromatic nitrogens is 2. The Morgan fingerprint density at radius 2 is 1.95 bits per heavy atom. The van der Waals surface area contributed by atoms with Crippen LogP contribution in [-0.2, 0) is 6.42 Å². The van der Waals surface area contributed by atoms with E-state index >= 15 is 0 Å². The Balaban J connectivity index is 1.61. The van der Waals surface area contributed by atoms with Crippen LogP contribution in [0.2, 0.25) is 0 Å². The molecular formula is C17H21N3O. The van der Waals surface area contributed by atoms with Gasteiger partial charge in [-0.15, -0.1) is 0 Å². The predicted molar refractivity (Wildman–Crippen MR) is 84.7 cm³/mol. The van der Waals surface area contributed by atoms with Crippen LogP contribution in [0.25, 0.3) is 0 Å². The van der Waals surface area contributed by atoms with Crippen LogP contribution >= 0.6 is 0 Å². The zero-order valence-corrected chi connectivity index (χ0v) is 12.4. The molecule has 2 aromatic rings. The van der Waals surface area contributed by atoms with E-state index in [0.717, 1.165) is 49.9 Å². The van der Waals surface area contributed by atoms with Crippen molar-refractivity contribution in [1.82, 2.24) is 9.97 Å². The molecule has 1 fully saturated rings. The van der Waals surface area contributed by atoms with Crippen molar-refractivity contribution in [3.05, 3.63) is 58.0 Å². The molecule has 0 saturated carbocycles. The summed E-state index contributed by atoms with van der Waals surface area (Å²) in [6.07, 6.45) is 3.44. The summed E-state index contributed by atoms with van der Waals surface area (Å²) in [4.78, 5) is 21.0. The maximum atomic E-state index is 11.5. The van der Waals surface area contributed by atoms with Crippen molar-refractivity contribution in [2.75, 3.05) is 18.0 Å². The summed E-state index contributed by atoms with van der Waals surface area (Å²) in [6, 6.07) is 12.2. The smallest absolute Gasteiger partial charge is 0.252 e. The molecule has 4 nitrogen and oxygen atoms in total. The van der Waals surface area contributed by atoms with E-state index in [-0.39, 0.29) is 5.56 Å². The minimum atomic E-state index is -0.0658. The van der Waals surface area contributed by atoms with Gasteiger partial charge in [0.15, 0.2) is 0 Å². The third kappa shape index (κ3) is 3.51. The maximum Gasteiger partial charge on any atom is 0.252 e.